The van der Waals surface area contributed by atoms with Gasteiger partial charge >= 0.3 is 0 Å². The van der Waals surface area contributed by atoms with E-state index in [1.807, 2.05) is 30.5 Å². The van der Waals surface area contributed by atoms with E-state index in [-0.39, 0.29) is 39.7 Å². The summed E-state index contributed by atoms with van der Waals surface area (Å²) in [5.41, 5.74) is 3.17. The molecule has 2 aliphatic heterocycles. The smallest absolute Gasteiger partial charge is 0.248 e. The molecule has 13 heteroatoms. The lowest BCUT2D eigenvalue weighted by molar-refractivity contribution is -0.132. The van der Waals surface area contributed by atoms with Crippen molar-refractivity contribution in [3.63, 3.8) is 0 Å². The van der Waals surface area contributed by atoms with E-state index in [0.29, 0.717) is 50.4 Å². The van der Waals surface area contributed by atoms with Crippen LogP contribution in [0.4, 0.5) is 5.82 Å². The highest BCUT2D eigenvalue weighted by atomic mass is 28.4. The van der Waals surface area contributed by atoms with Crippen molar-refractivity contribution in [1.82, 2.24) is 25.5 Å². The largest absolute Gasteiger partial charge is 0.506 e. The molecule has 2 fully saturated rings. The number of Topliss-reactive ketones (excluding diaryl/α,β-unsaturated/α-hetero) is 1. The predicted octanol–water partition coefficient (Wildman–Crippen LogP) is 6.35. The third-order valence-corrected chi connectivity index (χ3v) is 17.4. The molecular formula is C46H64N6O6Si. The van der Waals surface area contributed by atoms with E-state index in [1.165, 1.54) is 17.2 Å². The number of nitrogens with zero attached hydrogens (tertiary/aromatic N) is 3. The van der Waals surface area contributed by atoms with Gasteiger partial charge in [0.25, 0.3) is 0 Å². The zero-order chi connectivity index (χ0) is 42.2. The lowest BCUT2D eigenvalue weighted by Crippen LogP contribution is -2.54. The van der Waals surface area contributed by atoms with Crippen LogP contribution in [0.15, 0.2) is 77.7 Å². The van der Waals surface area contributed by atoms with Crippen molar-refractivity contribution < 1.29 is 23.9 Å². The van der Waals surface area contributed by atoms with E-state index < -0.39 is 8.32 Å². The number of likely N-dealkylation sites (tertiary alicyclic amines) is 1. The summed E-state index contributed by atoms with van der Waals surface area (Å²) in [4.78, 5) is 50.2. The number of amides is 1. The summed E-state index contributed by atoms with van der Waals surface area (Å²) < 4.78 is 13.0. The number of aromatic hydroxyl groups is 1. The monoisotopic (exact) mass is 824 g/mol. The molecule has 0 radical (unpaired) electrons. The highest BCUT2D eigenvalue weighted by Gasteiger charge is 2.45. The van der Waals surface area contributed by atoms with Crippen LogP contribution < -0.4 is 21.1 Å². The Morgan fingerprint density at radius 2 is 1.75 bits per heavy atom. The molecule has 2 aromatic heterocycles. The van der Waals surface area contributed by atoms with Gasteiger partial charge in [0.15, 0.2) is 8.32 Å². The number of fused-ring (bicyclic) bond motifs is 1. The minimum Gasteiger partial charge on any atom is -0.506 e. The van der Waals surface area contributed by atoms with E-state index in [4.69, 9.17) is 9.16 Å². The van der Waals surface area contributed by atoms with Gasteiger partial charge < -0.3 is 34.8 Å². The van der Waals surface area contributed by atoms with Crippen LogP contribution in [-0.2, 0) is 31.7 Å². The highest BCUT2D eigenvalue weighted by molar-refractivity contribution is 6.74. The van der Waals surface area contributed by atoms with Crippen LogP contribution in [0, 0.1) is 11.3 Å². The quantitative estimate of drug-likeness (QED) is 0.0701. The Balaban J connectivity index is 0.960. The fourth-order valence-electron chi connectivity index (χ4n) is 8.12. The van der Waals surface area contributed by atoms with E-state index in [2.05, 4.69) is 88.5 Å². The predicted molar refractivity (Wildman–Crippen MR) is 236 cm³/mol. The molecule has 59 heavy (non-hydrogen) atoms. The number of H-pyrrole nitrogens is 1. The first-order chi connectivity index (χ1) is 28.2. The molecule has 1 amide bonds. The molecule has 4 N–H and O–H groups in total. The first kappa shape index (κ1) is 44.2. The van der Waals surface area contributed by atoms with Gasteiger partial charge in [0.05, 0.1) is 30.8 Å². The van der Waals surface area contributed by atoms with Gasteiger partial charge in [-0.25, -0.2) is 4.98 Å². The lowest BCUT2D eigenvalue weighted by Gasteiger charge is -2.46. The van der Waals surface area contributed by atoms with Crippen molar-refractivity contribution in [2.24, 2.45) is 11.3 Å². The van der Waals surface area contributed by atoms with E-state index in [1.54, 1.807) is 19.2 Å². The van der Waals surface area contributed by atoms with E-state index in [0.717, 1.165) is 68.8 Å². The molecule has 318 valence electrons. The number of piperidine rings is 2. The number of phenols is 1. The third-order valence-electron chi connectivity index (χ3n) is 12.9. The van der Waals surface area contributed by atoms with E-state index >= 15 is 0 Å². The second kappa shape index (κ2) is 19.3. The summed E-state index contributed by atoms with van der Waals surface area (Å²) in [6.07, 6.45) is 5.16. The maximum absolute atomic E-state index is 13.2. The molecule has 2 aromatic carbocycles. The summed E-state index contributed by atoms with van der Waals surface area (Å²) in [6, 6.07) is 21.4. The number of pyridine rings is 2. The Labute approximate surface area is 350 Å². The second-order valence-corrected chi connectivity index (χ2v) is 22.7. The number of carbonyl (C=O) groups excluding carboxylic acids is 2. The average Bonchev–Trinajstić information content (AvgIpc) is 3.22. The van der Waals surface area contributed by atoms with Gasteiger partial charge in [0.2, 0.25) is 11.5 Å². The Hall–Kier alpha value is -4.40. The number of anilines is 1. The number of aromatic amines is 1. The maximum atomic E-state index is 13.2. The van der Waals surface area contributed by atoms with Crippen molar-refractivity contribution >= 4 is 36.7 Å². The topological polar surface area (TPSA) is 149 Å². The van der Waals surface area contributed by atoms with Gasteiger partial charge in [0, 0.05) is 62.7 Å². The second-order valence-electron chi connectivity index (χ2n) is 17.9. The molecule has 6 rings (SSSR count). The lowest BCUT2D eigenvalue weighted by atomic mass is 9.71. The minimum atomic E-state index is -2.23. The fraction of sp³-hybridized carbons (Fsp3) is 0.522. The molecule has 2 aliphatic rings. The molecule has 0 saturated carbocycles. The van der Waals surface area contributed by atoms with Crippen molar-refractivity contribution in [2.45, 2.75) is 83.7 Å². The summed E-state index contributed by atoms with van der Waals surface area (Å²) in [5.74, 6) is 1.01. The zero-order valence-corrected chi connectivity index (χ0v) is 36.8. The summed E-state index contributed by atoms with van der Waals surface area (Å²) in [5, 5.41) is 17.6. The zero-order valence-electron chi connectivity index (χ0n) is 35.8. The highest BCUT2D eigenvalue weighted by Crippen LogP contribution is 2.42. The molecule has 0 aliphatic carbocycles. The fourth-order valence-corrected chi connectivity index (χ4v) is 9.40. The molecule has 2 atom stereocenters. The molecule has 12 nitrogen and oxygen atoms in total. The Morgan fingerprint density at radius 1 is 1.00 bits per heavy atom. The number of ether oxygens (including phenoxy) is 1. The number of nitrogens with one attached hydrogen (secondary N) is 3. The van der Waals surface area contributed by atoms with Crippen LogP contribution in [0.1, 0.15) is 69.2 Å². The Bertz CT molecular complexity index is 2080. The minimum absolute atomic E-state index is 0.0153. The number of phenolic OH excluding ortho intramolecular Hbond substituents is 1. The van der Waals surface area contributed by atoms with Gasteiger partial charge in [-0.3, -0.25) is 19.3 Å². The summed E-state index contributed by atoms with van der Waals surface area (Å²) in [6.45, 7) is 17.1. The number of benzene rings is 2. The van der Waals surface area contributed by atoms with Crippen LogP contribution in [0.5, 0.6) is 5.75 Å². The Kier molecular flexibility index (Phi) is 14.5. The molecule has 2 saturated heterocycles. The SMILES string of the molecule is CNC(=O)C(CCNC[C@H](O[Si](C)(C)C(C)(C)C)c1ccc(O)c2[nH]c(=O)ccc12)COCCc1ccc(CN2CCC3(CC2)CN(c2ccccn2)CCC3=O)cc1. The molecule has 1 spiro atoms. The van der Waals surface area contributed by atoms with Crippen LogP contribution in [0.2, 0.25) is 18.1 Å². The number of hydrogen-bond donors (Lipinski definition) is 4. The number of rotatable bonds is 17. The van der Waals surface area contributed by atoms with Crippen LogP contribution >= 0.6 is 0 Å². The number of aromatic nitrogens is 2. The van der Waals surface area contributed by atoms with E-state index in [9.17, 15) is 19.5 Å². The summed E-state index contributed by atoms with van der Waals surface area (Å²) >= 11 is 0. The first-order valence-electron chi connectivity index (χ1n) is 21.2. The molecule has 0 bridgehead atoms. The van der Waals surface area contributed by atoms with Gasteiger partial charge in [-0.05, 0) is 104 Å². The number of carbonyl (C=O) groups is 2. The molecular weight excluding hydrogens is 761 g/mol. The van der Waals surface area contributed by atoms with Gasteiger partial charge in [-0.15, -0.1) is 0 Å². The molecule has 4 aromatic rings. The van der Waals surface area contributed by atoms with Crippen LogP contribution in [-0.4, -0.2) is 99.5 Å². The first-order valence-corrected chi connectivity index (χ1v) is 24.1. The van der Waals surface area contributed by atoms with Crippen molar-refractivity contribution in [3.05, 3.63) is 100.0 Å². The standard InChI is InChI=1S/C46H64N6O6Si/c1-45(2,3)59(5,6)58-39(36-14-16-38(53)43-37(36)15-17-42(55)50-43)29-48-24-18-35(44(56)47-4)31-57-28-20-33-10-12-34(13-11-33)30-51-26-21-46(22-27-51)32-52(25-19-40(46)54)41-9-7-8-23-49-41/h7-17,23,35,39,48,53H,18-22,24-32H2,1-6H3,(H,47,56)(H,50,55)/t35?,39-/m0/s1. The average molecular weight is 825 g/mol. The van der Waals surface area contributed by atoms with Gasteiger partial charge in [-0.2, -0.15) is 0 Å². The normalized spacial score (nSPS) is 17.3. The summed E-state index contributed by atoms with van der Waals surface area (Å²) in [7, 11) is -0.571. The maximum Gasteiger partial charge on any atom is 0.248 e. The number of ketones is 1. The van der Waals surface area contributed by atoms with Crippen LogP contribution in [0.25, 0.3) is 10.9 Å². The van der Waals surface area contributed by atoms with Crippen molar-refractivity contribution in [3.8, 4) is 5.75 Å². The molecule has 1 unspecified atom stereocenters. The number of hydrogen-bond acceptors (Lipinski definition) is 10. The Morgan fingerprint density at radius 3 is 2.44 bits per heavy atom. The third kappa shape index (κ3) is 11.1. The van der Waals surface area contributed by atoms with Crippen LogP contribution in [0.3, 0.4) is 0 Å². The van der Waals surface area contributed by atoms with Crippen molar-refractivity contribution in [2.75, 3.05) is 64.4 Å². The van der Waals surface area contributed by atoms with Gasteiger partial charge in [-0.1, -0.05) is 57.2 Å². The molecule has 4 heterocycles. The van der Waals surface area contributed by atoms with Crippen molar-refractivity contribution in [1.29, 1.82) is 0 Å². The van der Waals surface area contributed by atoms with Gasteiger partial charge in [0.1, 0.15) is 17.4 Å².